The summed E-state index contributed by atoms with van der Waals surface area (Å²) in [4.78, 5) is 2.95. The molecule has 3 rings (SSSR count). The number of nitrogens with two attached hydrogens (primary N) is 1. The molecule has 2 aliphatic carbocycles. The maximum atomic E-state index is 5.63. The van der Waals surface area contributed by atoms with E-state index < -0.39 is 0 Å². The molecule has 2 N–H and O–H groups in total. The zero-order chi connectivity index (χ0) is 14.1. The van der Waals surface area contributed by atoms with Gasteiger partial charge >= 0.3 is 0 Å². The lowest BCUT2D eigenvalue weighted by atomic mass is 9.88. The number of nitrogens with zero attached hydrogens (tertiary/aromatic N) is 1. The average molecular weight is 288 g/mol. The molecular formula is C17H24N2S. The molecule has 108 valence electrons. The maximum Gasteiger partial charge on any atom is 0.103 e. The normalized spacial score (nSPS) is 28.2. The lowest BCUT2D eigenvalue weighted by molar-refractivity contribution is 0.214. The summed E-state index contributed by atoms with van der Waals surface area (Å²) in [7, 11) is 2.24. The molecule has 2 bridgehead atoms. The van der Waals surface area contributed by atoms with E-state index in [1.54, 1.807) is 0 Å². The highest BCUT2D eigenvalue weighted by atomic mass is 32.1. The maximum absolute atomic E-state index is 5.63. The minimum absolute atomic E-state index is 0.479. The second kappa shape index (κ2) is 5.82. The van der Waals surface area contributed by atoms with E-state index in [0.717, 1.165) is 29.9 Å². The molecule has 0 radical (unpaired) electrons. The van der Waals surface area contributed by atoms with Crippen molar-refractivity contribution in [2.75, 3.05) is 13.6 Å². The van der Waals surface area contributed by atoms with Crippen LogP contribution in [0.4, 0.5) is 0 Å². The fourth-order valence-electron chi connectivity index (χ4n) is 4.15. The minimum Gasteiger partial charge on any atom is -0.389 e. The summed E-state index contributed by atoms with van der Waals surface area (Å²) in [5, 5.41) is 0. The highest BCUT2D eigenvalue weighted by molar-refractivity contribution is 7.80. The fourth-order valence-corrected chi connectivity index (χ4v) is 4.29. The third-order valence-corrected chi connectivity index (χ3v) is 5.36. The molecule has 0 aliphatic heterocycles. The molecule has 3 unspecified atom stereocenters. The molecule has 2 nitrogen and oxygen atoms in total. The summed E-state index contributed by atoms with van der Waals surface area (Å²) < 4.78 is 0. The summed E-state index contributed by atoms with van der Waals surface area (Å²) in [5.74, 6) is 3.00. The molecule has 2 saturated carbocycles. The molecule has 1 aromatic rings. The van der Waals surface area contributed by atoms with Crippen LogP contribution in [-0.2, 0) is 6.54 Å². The van der Waals surface area contributed by atoms with Gasteiger partial charge in [0.15, 0.2) is 0 Å². The second-order valence-corrected chi connectivity index (χ2v) is 7.13. The minimum atomic E-state index is 0.479. The van der Waals surface area contributed by atoms with Crippen LogP contribution in [-0.4, -0.2) is 23.5 Å². The Hall–Kier alpha value is -0.930. The molecule has 0 aromatic heterocycles. The number of fused-ring (bicyclic) bond motifs is 2. The fraction of sp³-hybridized carbons (Fsp3) is 0.588. The van der Waals surface area contributed by atoms with E-state index in [1.807, 2.05) is 12.1 Å². The number of benzene rings is 1. The van der Waals surface area contributed by atoms with Gasteiger partial charge in [0.25, 0.3) is 0 Å². The lowest BCUT2D eigenvalue weighted by Gasteiger charge is -2.27. The summed E-state index contributed by atoms with van der Waals surface area (Å²) in [6.45, 7) is 2.27. The second-order valence-electron chi connectivity index (χ2n) is 6.69. The van der Waals surface area contributed by atoms with Crippen molar-refractivity contribution in [1.29, 1.82) is 0 Å². The predicted octanol–water partition coefficient (Wildman–Crippen LogP) is 3.19. The monoisotopic (exact) mass is 288 g/mol. The molecule has 0 heterocycles. The highest BCUT2D eigenvalue weighted by Gasteiger charge is 2.39. The molecule has 3 atom stereocenters. The molecule has 1 aromatic carbocycles. The van der Waals surface area contributed by atoms with Crippen molar-refractivity contribution in [3.63, 3.8) is 0 Å². The van der Waals surface area contributed by atoms with E-state index in [1.165, 1.54) is 37.8 Å². The Morgan fingerprint density at radius 1 is 1.25 bits per heavy atom. The number of rotatable bonds is 5. The highest BCUT2D eigenvalue weighted by Crippen LogP contribution is 2.48. The van der Waals surface area contributed by atoms with Crippen molar-refractivity contribution in [3.05, 3.63) is 35.4 Å². The Balaban J connectivity index is 1.53. The van der Waals surface area contributed by atoms with Gasteiger partial charge in [0, 0.05) is 18.7 Å². The smallest absolute Gasteiger partial charge is 0.103 e. The molecular weight excluding hydrogens is 264 g/mol. The zero-order valence-corrected chi connectivity index (χ0v) is 13.0. The Bertz CT molecular complexity index is 482. The first-order chi connectivity index (χ1) is 9.61. The van der Waals surface area contributed by atoms with Crippen LogP contribution in [0.2, 0.25) is 0 Å². The summed E-state index contributed by atoms with van der Waals surface area (Å²) >= 11 is 4.99. The van der Waals surface area contributed by atoms with Crippen molar-refractivity contribution in [2.45, 2.75) is 32.2 Å². The molecule has 2 fully saturated rings. The van der Waals surface area contributed by atoms with Gasteiger partial charge in [-0.25, -0.2) is 0 Å². The number of thiocarbonyl (C=S) groups is 1. The van der Waals surface area contributed by atoms with Crippen molar-refractivity contribution in [1.82, 2.24) is 4.90 Å². The first-order valence-corrected chi connectivity index (χ1v) is 8.10. The quantitative estimate of drug-likeness (QED) is 0.844. The van der Waals surface area contributed by atoms with Crippen LogP contribution in [0.3, 0.4) is 0 Å². The van der Waals surface area contributed by atoms with E-state index in [2.05, 4.69) is 24.1 Å². The SMILES string of the molecule is CN(Cc1ccc(C(N)=S)cc1)CC1CC2CCC1C2. The third kappa shape index (κ3) is 3.04. The Morgan fingerprint density at radius 2 is 2.00 bits per heavy atom. The van der Waals surface area contributed by atoms with Gasteiger partial charge in [-0.1, -0.05) is 42.9 Å². The molecule has 0 amide bonds. The Morgan fingerprint density at radius 3 is 2.55 bits per heavy atom. The third-order valence-electron chi connectivity index (χ3n) is 5.12. The topological polar surface area (TPSA) is 29.3 Å². The van der Waals surface area contributed by atoms with Gasteiger partial charge in [0.2, 0.25) is 0 Å². The van der Waals surface area contributed by atoms with E-state index in [9.17, 15) is 0 Å². The van der Waals surface area contributed by atoms with E-state index in [-0.39, 0.29) is 0 Å². The van der Waals surface area contributed by atoms with Crippen LogP contribution in [0.1, 0.15) is 36.8 Å². The van der Waals surface area contributed by atoms with E-state index >= 15 is 0 Å². The van der Waals surface area contributed by atoms with Crippen LogP contribution < -0.4 is 5.73 Å². The van der Waals surface area contributed by atoms with Gasteiger partial charge in [-0.3, -0.25) is 0 Å². The lowest BCUT2D eigenvalue weighted by Crippen LogP contribution is -2.28. The average Bonchev–Trinajstić information content (AvgIpc) is 3.01. The summed E-state index contributed by atoms with van der Waals surface area (Å²) in [5.41, 5.74) is 7.93. The first-order valence-electron chi connectivity index (χ1n) is 7.69. The van der Waals surface area contributed by atoms with Crippen molar-refractivity contribution < 1.29 is 0 Å². The van der Waals surface area contributed by atoms with Crippen molar-refractivity contribution in [2.24, 2.45) is 23.5 Å². The van der Waals surface area contributed by atoms with Gasteiger partial charge in [0.1, 0.15) is 4.99 Å². The van der Waals surface area contributed by atoms with Gasteiger partial charge in [-0.15, -0.1) is 0 Å². The number of hydrogen-bond acceptors (Lipinski definition) is 2. The summed E-state index contributed by atoms with van der Waals surface area (Å²) in [6.07, 6.45) is 5.94. The Kier molecular flexibility index (Phi) is 4.08. The first kappa shape index (κ1) is 14.0. The van der Waals surface area contributed by atoms with E-state index in [4.69, 9.17) is 18.0 Å². The van der Waals surface area contributed by atoms with Gasteiger partial charge in [-0.2, -0.15) is 0 Å². The van der Waals surface area contributed by atoms with Crippen molar-refractivity contribution in [3.8, 4) is 0 Å². The zero-order valence-electron chi connectivity index (χ0n) is 12.2. The van der Waals surface area contributed by atoms with Crippen LogP contribution in [0.25, 0.3) is 0 Å². The molecule has 0 saturated heterocycles. The summed E-state index contributed by atoms with van der Waals surface area (Å²) in [6, 6.07) is 8.35. The largest absolute Gasteiger partial charge is 0.389 e. The Labute approximate surface area is 127 Å². The van der Waals surface area contributed by atoms with Crippen LogP contribution in [0.5, 0.6) is 0 Å². The molecule has 20 heavy (non-hydrogen) atoms. The van der Waals surface area contributed by atoms with Crippen LogP contribution in [0, 0.1) is 17.8 Å². The number of hydrogen-bond donors (Lipinski definition) is 1. The van der Waals surface area contributed by atoms with Gasteiger partial charge < -0.3 is 10.6 Å². The van der Waals surface area contributed by atoms with E-state index in [0.29, 0.717) is 4.99 Å². The standard InChI is InChI=1S/C17H24N2S/c1-19(11-16-9-13-4-7-15(16)8-13)10-12-2-5-14(6-3-12)17(18)20/h2-3,5-6,13,15-16H,4,7-11H2,1H3,(H2,18,20). The predicted molar refractivity (Wildman–Crippen MR) is 87.6 cm³/mol. The van der Waals surface area contributed by atoms with Crippen molar-refractivity contribution >= 4 is 17.2 Å². The van der Waals surface area contributed by atoms with Gasteiger partial charge in [-0.05, 0) is 49.6 Å². The van der Waals surface area contributed by atoms with Gasteiger partial charge in [0.05, 0.1) is 0 Å². The molecule has 3 heteroatoms. The molecule has 0 spiro atoms. The molecule has 2 aliphatic rings. The van der Waals surface area contributed by atoms with Crippen LogP contribution in [0.15, 0.2) is 24.3 Å². The van der Waals surface area contributed by atoms with Crippen LogP contribution >= 0.6 is 12.2 Å².